The number of amides is 1. The Bertz CT molecular complexity index is 593. The van der Waals surface area contributed by atoms with Crippen molar-refractivity contribution in [3.8, 4) is 0 Å². The summed E-state index contributed by atoms with van der Waals surface area (Å²) in [5.41, 5.74) is 3.60. The van der Waals surface area contributed by atoms with Gasteiger partial charge in [-0.15, -0.1) is 0 Å². The van der Waals surface area contributed by atoms with Gasteiger partial charge in [-0.25, -0.2) is 0 Å². The molecule has 1 unspecified atom stereocenters. The summed E-state index contributed by atoms with van der Waals surface area (Å²) in [5.74, 6) is -0.158. The van der Waals surface area contributed by atoms with Gasteiger partial charge in [0.2, 0.25) is 0 Å². The van der Waals surface area contributed by atoms with E-state index in [1.807, 2.05) is 56.3 Å². The molecule has 0 aliphatic heterocycles. The summed E-state index contributed by atoms with van der Waals surface area (Å²) in [7, 11) is 0. The Morgan fingerprint density at radius 3 is 2.45 bits per heavy atom. The molecule has 0 heterocycles. The highest BCUT2D eigenvalue weighted by Crippen LogP contribution is 2.16. The topological polar surface area (TPSA) is 49.3 Å². The van der Waals surface area contributed by atoms with Gasteiger partial charge in [-0.2, -0.15) is 0 Å². The van der Waals surface area contributed by atoms with Crippen molar-refractivity contribution >= 4 is 5.91 Å². The van der Waals surface area contributed by atoms with Crippen molar-refractivity contribution in [3.63, 3.8) is 0 Å². The zero-order valence-electron chi connectivity index (χ0n) is 11.8. The maximum atomic E-state index is 12.3. The van der Waals surface area contributed by atoms with Crippen LogP contribution in [0.4, 0.5) is 0 Å². The van der Waals surface area contributed by atoms with Crippen molar-refractivity contribution in [3.05, 3.63) is 70.8 Å². The van der Waals surface area contributed by atoms with Gasteiger partial charge < -0.3 is 10.4 Å². The minimum Gasteiger partial charge on any atom is -0.394 e. The van der Waals surface area contributed by atoms with E-state index < -0.39 is 0 Å². The van der Waals surface area contributed by atoms with Crippen LogP contribution in [0.25, 0.3) is 0 Å². The Morgan fingerprint density at radius 2 is 1.80 bits per heavy atom. The standard InChI is InChI=1S/C17H19NO2/c1-12-7-6-10-15(13(12)2)17(20)18-16(11-19)14-8-4-3-5-9-14/h3-10,16,19H,11H2,1-2H3,(H,18,20). The van der Waals surface area contributed by atoms with E-state index in [0.717, 1.165) is 16.7 Å². The van der Waals surface area contributed by atoms with E-state index >= 15 is 0 Å². The Labute approximate surface area is 119 Å². The van der Waals surface area contributed by atoms with Crippen LogP contribution in [0.3, 0.4) is 0 Å². The van der Waals surface area contributed by atoms with Gasteiger partial charge in [0.25, 0.3) is 5.91 Å². The van der Waals surface area contributed by atoms with E-state index in [0.29, 0.717) is 5.56 Å². The lowest BCUT2D eigenvalue weighted by molar-refractivity contribution is 0.0915. The van der Waals surface area contributed by atoms with Gasteiger partial charge in [-0.3, -0.25) is 4.79 Å². The summed E-state index contributed by atoms with van der Waals surface area (Å²) < 4.78 is 0. The van der Waals surface area contributed by atoms with Crippen molar-refractivity contribution in [1.82, 2.24) is 5.32 Å². The number of rotatable bonds is 4. The number of hydrogen-bond acceptors (Lipinski definition) is 2. The van der Waals surface area contributed by atoms with Crippen LogP contribution in [-0.4, -0.2) is 17.6 Å². The summed E-state index contributed by atoms with van der Waals surface area (Å²) >= 11 is 0. The number of aliphatic hydroxyl groups is 1. The molecule has 0 saturated carbocycles. The quantitative estimate of drug-likeness (QED) is 0.896. The Kier molecular flexibility index (Phi) is 4.53. The van der Waals surface area contributed by atoms with Gasteiger partial charge in [0.1, 0.15) is 0 Å². The molecule has 0 aliphatic carbocycles. The first kappa shape index (κ1) is 14.3. The first-order valence-electron chi connectivity index (χ1n) is 6.66. The minimum absolute atomic E-state index is 0.124. The van der Waals surface area contributed by atoms with Crippen LogP contribution in [-0.2, 0) is 0 Å². The summed E-state index contributed by atoms with van der Waals surface area (Å²) in [6.07, 6.45) is 0. The van der Waals surface area contributed by atoms with Crippen molar-refractivity contribution in [1.29, 1.82) is 0 Å². The lowest BCUT2D eigenvalue weighted by atomic mass is 10.0. The fraction of sp³-hybridized carbons (Fsp3) is 0.235. The zero-order chi connectivity index (χ0) is 14.5. The van der Waals surface area contributed by atoms with Crippen LogP contribution in [0.15, 0.2) is 48.5 Å². The van der Waals surface area contributed by atoms with Crippen LogP contribution in [0, 0.1) is 13.8 Å². The largest absolute Gasteiger partial charge is 0.394 e. The number of carbonyl (C=O) groups is 1. The molecule has 0 aromatic heterocycles. The highest BCUT2D eigenvalue weighted by Gasteiger charge is 2.16. The highest BCUT2D eigenvalue weighted by molar-refractivity contribution is 5.96. The van der Waals surface area contributed by atoms with Crippen LogP contribution in [0.5, 0.6) is 0 Å². The molecule has 20 heavy (non-hydrogen) atoms. The molecule has 2 N–H and O–H groups in total. The van der Waals surface area contributed by atoms with Gasteiger partial charge in [-0.1, -0.05) is 42.5 Å². The second kappa shape index (κ2) is 6.35. The summed E-state index contributed by atoms with van der Waals surface area (Å²) in [4.78, 5) is 12.3. The Balaban J connectivity index is 2.20. The predicted molar refractivity (Wildman–Crippen MR) is 79.7 cm³/mol. The van der Waals surface area contributed by atoms with Gasteiger partial charge >= 0.3 is 0 Å². The zero-order valence-corrected chi connectivity index (χ0v) is 11.8. The summed E-state index contributed by atoms with van der Waals surface area (Å²) in [6, 6.07) is 14.7. The van der Waals surface area contributed by atoms with E-state index in [9.17, 15) is 9.90 Å². The van der Waals surface area contributed by atoms with Gasteiger partial charge in [0.15, 0.2) is 0 Å². The average molecular weight is 269 g/mol. The van der Waals surface area contributed by atoms with Crippen LogP contribution >= 0.6 is 0 Å². The molecule has 0 saturated heterocycles. The third kappa shape index (κ3) is 3.06. The molecule has 3 heteroatoms. The molecule has 2 rings (SSSR count). The number of benzene rings is 2. The molecule has 0 spiro atoms. The highest BCUT2D eigenvalue weighted by atomic mass is 16.3. The molecule has 2 aromatic carbocycles. The SMILES string of the molecule is Cc1cccc(C(=O)NC(CO)c2ccccc2)c1C. The van der Waals surface area contributed by atoms with Crippen molar-refractivity contribution < 1.29 is 9.90 Å². The predicted octanol–water partition coefficient (Wildman–Crippen LogP) is 2.77. The van der Waals surface area contributed by atoms with Crippen LogP contribution in [0.1, 0.15) is 33.1 Å². The fourth-order valence-corrected chi connectivity index (χ4v) is 2.15. The molecule has 0 aliphatic rings. The fourth-order valence-electron chi connectivity index (χ4n) is 2.15. The van der Waals surface area contributed by atoms with E-state index in [-0.39, 0.29) is 18.6 Å². The van der Waals surface area contributed by atoms with E-state index in [1.54, 1.807) is 6.07 Å². The molecule has 1 amide bonds. The van der Waals surface area contributed by atoms with Gasteiger partial charge in [0.05, 0.1) is 12.6 Å². The van der Waals surface area contributed by atoms with Crippen molar-refractivity contribution in [2.75, 3.05) is 6.61 Å². The lowest BCUT2D eigenvalue weighted by Gasteiger charge is -2.18. The van der Waals surface area contributed by atoms with Gasteiger partial charge in [0, 0.05) is 5.56 Å². The van der Waals surface area contributed by atoms with Crippen molar-refractivity contribution in [2.45, 2.75) is 19.9 Å². The monoisotopic (exact) mass is 269 g/mol. The van der Waals surface area contributed by atoms with Crippen LogP contribution in [0.2, 0.25) is 0 Å². The number of hydrogen-bond donors (Lipinski definition) is 2. The Hall–Kier alpha value is -2.13. The summed E-state index contributed by atoms with van der Waals surface area (Å²) in [6.45, 7) is 3.79. The first-order valence-corrected chi connectivity index (χ1v) is 6.66. The number of nitrogens with one attached hydrogen (secondary N) is 1. The molecule has 2 aromatic rings. The number of aliphatic hydroxyl groups excluding tert-OH is 1. The molecule has 1 atom stereocenters. The van der Waals surface area contributed by atoms with E-state index in [1.165, 1.54) is 0 Å². The molecule has 3 nitrogen and oxygen atoms in total. The molecule has 0 radical (unpaired) electrons. The first-order chi connectivity index (χ1) is 9.63. The normalized spacial score (nSPS) is 11.9. The second-order valence-corrected chi connectivity index (χ2v) is 4.87. The number of aryl methyl sites for hydroxylation is 1. The molecule has 0 fully saturated rings. The van der Waals surface area contributed by atoms with Crippen molar-refractivity contribution in [2.24, 2.45) is 0 Å². The Morgan fingerprint density at radius 1 is 1.10 bits per heavy atom. The van der Waals surface area contributed by atoms with E-state index in [4.69, 9.17) is 0 Å². The second-order valence-electron chi connectivity index (χ2n) is 4.87. The minimum atomic E-state index is -0.386. The maximum Gasteiger partial charge on any atom is 0.252 e. The van der Waals surface area contributed by atoms with Crippen LogP contribution < -0.4 is 5.32 Å². The van der Waals surface area contributed by atoms with Gasteiger partial charge in [-0.05, 0) is 36.6 Å². The molecular weight excluding hydrogens is 250 g/mol. The number of carbonyl (C=O) groups excluding carboxylic acids is 1. The third-order valence-corrected chi connectivity index (χ3v) is 3.54. The summed E-state index contributed by atoms with van der Waals surface area (Å²) in [5, 5.41) is 12.4. The average Bonchev–Trinajstić information content (AvgIpc) is 2.48. The maximum absolute atomic E-state index is 12.3. The lowest BCUT2D eigenvalue weighted by Crippen LogP contribution is -2.31. The smallest absolute Gasteiger partial charge is 0.252 e. The molecule has 104 valence electrons. The molecule has 0 bridgehead atoms. The third-order valence-electron chi connectivity index (χ3n) is 3.54. The molecular formula is C17H19NO2. The van der Waals surface area contributed by atoms with E-state index in [2.05, 4.69) is 5.32 Å².